The van der Waals surface area contributed by atoms with Crippen LogP contribution in [-0.2, 0) is 19.5 Å². The van der Waals surface area contributed by atoms with E-state index in [2.05, 4.69) is 46.8 Å². The predicted molar refractivity (Wildman–Crippen MR) is 95.9 cm³/mol. The van der Waals surface area contributed by atoms with Crippen molar-refractivity contribution in [2.45, 2.75) is 26.4 Å². The summed E-state index contributed by atoms with van der Waals surface area (Å²) in [6.45, 7) is 3.60. The highest BCUT2D eigenvalue weighted by Crippen LogP contribution is 2.16. The second kappa shape index (κ2) is 8.83. The third-order valence-electron chi connectivity index (χ3n) is 3.81. The van der Waals surface area contributed by atoms with Crippen molar-refractivity contribution in [3.63, 3.8) is 0 Å². The van der Waals surface area contributed by atoms with Crippen LogP contribution in [0.2, 0.25) is 0 Å². The van der Waals surface area contributed by atoms with Gasteiger partial charge in [-0.05, 0) is 23.6 Å². The number of guanidine groups is 1. The van der Waals surface area contributed by atoms with Crippen molar-refractivity contribution >= 4 is 5.96 Å². The molecule has 0 bridgehead atoms. The van der Waals surface area contributed by atoms with Crippen LogP contribution >= 0.6 is 0 Å². The summed E-state index contributed by atoms with van der Waals surface area (Å²) in [5.74, 6) is 1.66. The van der Waals surface area contributed by atoms with E-state index < -0.39 is 0 Å². The minimum absolute atomic E-state index is 0.666. The summed E-state index contributed by atoms with van der Waals surface area (Å²) in [6.07, 6.45) is 1.03. The summed E-state index contributed by atoms with van der Waals surface area (Å²) in [4.78, 5) is 4.28. The van der Waals surface area contributed by atoms with Crippen LogP contribution in [0.25, 0.3) is 0 Å². The highest BCUT2D eigenvalue weighted by atomic mass is 16.5. The maximum atomic E-state index is 5.37. The summed E-state index contributed by atoms with van der Waals surface area (Å²) in [5.41, 5.74) is 3.77. The number of para-hydroxylation sites is 1. The summed E-state index contributed by atoms with van der Waals surface area (Å²) in [6, 6.07) is 16.5. The molecule has 4 heteroatoms. The molecule has 0 fully saturated rings. The van der Waals surface area contributed by atoms with Crippen LogP contribution in [-0.4, -0.2) is 20.1 Å². The molecule has 0 saturated carbocycles. The zero-order valence-electron chi connectivity index (χ0n) is 14.1. The van der Waals surface area contributed by atoms with E-state index in [0.29, 0.717) is 6.54 Å². The van der Waals surface area contributed by atoms with E-state index in [0.717, 1.165) is 30.2 Å². The van der Waals surface area contributed by atoms with Crippen molar-refractivity contribution in [3.8, 4) is 5.75 Å². The normalized spacial score (nSPS) is 11.2. The standard InChI is InChI=1S/C19H25N3O/c1-4-15-9-5-6-10-16(15)13-21-19(20-2)22-14-17-11-7-8-12-18(17)23-3/h5-12H,4,13-14H2,1-3H3,(H2,20,21,22). The van der Waals surface area contributed by atoms with Gasteiger partial charge in [0.25, 0.3) is 0 Å². The Hall–Kier alpha value is -2.49. The Morgan fingerprint density at radius 3 is 2.09 bits per heavy atom. The average molecular weight is 311 g/mol. The number of nitrogens with one attached hydrogen (secondary N) is 2. The minimum atomic E-state index is 0.666. The van der Waals surface area contributed by atoms with Gasteiger partial charge in [0.1, 0.15) is 5.75 Å². The van der Waals surface area contributed by atoms with Gasteiger partial charge in [-0.2, -0.15) is 0 Å². The van der Waals surface area contributed by atoms with E-state index >= 15 is 0 Å². The Bertz CT molecular complexity index is 599. The van der Waals surface area contributed by atoms with Crippen molar-refractivity contribution in [3.05, 3.63) is 65.2 Å². The molecular weight excluding hydrogens is 286 g/mol. The first-order valence-electron chi connectivity index (χ1n) is 7.91. The van der Waals surface area contributed by atoms with E-state index in [1.165, 1.54) is 11.1 Å². The molecule has 0 aliphatic heterocycles. The van der Waals surface area contributed by atoms with Crippen molar-refractivity contribution in [1.82, 2.24) is 10.6 Å². The second-order valence-electron chi connectivity index (χ2n) is 5.21. The summed E-state index contributed by atoms with van der Waals surface area (Å²) in [5, 5.41) is 6.69. The lowest BCUT2D eigenvalue weighted by atomic mass is 10.1. The van der Waals surface area contributed by atoms with Gasteiger partial charge in [0.15, 0.2) is 5.96 Å². The molecule has 23 heavy (non-hydrogen) atoms. The first-order valence-corrected chi connectivity index (χ1v) is 7.91. The van der Waals surface area contributed by atoms with E-state index in [1.54, 1.807) is 14.2 Å². The molecule has 0 atom stereocenters. The smallest absolute Gasteiger partial charge is 0.191 e. The number of nitrogens with zero attached hydrogens (tertiary/aromatic N) is 1. The predicted octanol–water partition coefficient (Wildman–Crippen LogP) is 3.12. The molecule has 122 valence electrons. The SMILES string of the molecule is CCc1ccccc1CNC(=NC)NCc1ccccc1OC. The Morgan fingerprint density at radius 1 is 0.913 bits per heavy atom. The first kappa shape index (κ1) is 16.9. The number of hydrogen-bond acceptors (Lipinski definition) is 2. The van der Waals surface area contributed by atoms with E-state index in [1.807, 2.05) is 24.3 Å². The third-order valence-corrected chi connectivity index (χ3v) is 3.81. The molecule has 0 saturated heterocycles. The second-order valence-corrected chi connectivity index (χ2v) is 5.21. The molecule has 0 aliphatic rings. The zero-order valence-corrected chi connectivity index (χ0v) is 14.1. The monoisotopic (exact) mass is 311 g/mol. The molecule has 2 aromatic rings. The lowest BCUT2D eigenvalue weighted by Gasteiger charge is -2.15. The molecule has 0 unspecified atom stereocenters. The van der Waals surface area contributed by atoms with Gasteiger partial charge in [-0.25, -0.2) is 0 Å². The van der Waals surface area contributed by atoms with Crippen molar-refractivity contribution in [1.29, 1.82) is 0 Å². The number of ether oxygens (including phenoxy) is 1. The van der Waals surface area contributed by atoms with Gasteiger partial charge in [-0.1, -0.05) is 49.4 Å². The summed E-state index contributed by atoms with van der Waals surface area (Å²) < 4.78 is 5.37. The van der Waals surface area contributed by atoms with E-state index in [-0.39, 0.29) is 0 Å². The Morgan fingerprint density at radius 2 is 1.48 bits per heavy atom. The molecule has 0 amide bonds. The van der Waals surface area contributed by atoms with Gasteiger partial charge in [0, 0.05) is 25.7 Å². The number of aryl methyl sites for hydroxylation is 1. The quantitative estimate of drug-likeness (QED) is 0.636. The first-order chi connectivity index (χ1) is 11.3. The number of methoxy groups -OCH3 is 1. The van der Waals surface area contributed by atoms with Gasteiger partial charge in [0.05, 0.1) is 7.11 Å². The van der Waals surface area contributed by atoms with Crippen molar-refractivity contribution in [2.24, 2.45) is 4.99 Å². The molecule has 0 aliphatic carbocycles. The molecular formula is C19H25N3O. The fourth-order valence-electron chi connectivity index (χ4n) is 2.50. The van der Waals surface area contributed by atoms with Crippen molar-refractivity contribution < 1.29 is 4.74 Å². The van der Waals surface area contributed by atoms with Crippen LogP contribution < -0.4 is 15.4 Å². The van der Waals surface area contributed by atoms with Crippen molar-refractivity contribution in [2.75, 3.05) is 14.2 Å². The Kier molecular flexibility index (Phi) is 6.48. The molecule has 0 radical (unpaired) electrons. The van der Waals surface area contributed by atoms with Crippen LogP contribution in [0.15, 0.2) is 53.5 Å². The van der Waals surface area contributed by atoms with Gasteiger partial charge in [-0.3, -0.25) is 4.99 Å². The lowest BCUT2D eigenvalue weighted by molar-refractivity contribution is 0.409. The van der Waals surface area contributed by atoms with E-state index in [9.17, 15) is 0 Å². The maximum absolute atomic E-state index is 5.37. The van der Waals surface area contributed by atoms with Crippen LogP contribution in [0.1, 0.15) is 23.6 Å². The van der Waals surface area contributed by atoms with Gasteiger partial charge in [0.2, 0.25) is 0 Å². The number of hydrogen-bond donors (Lipinski definition) is 2. The number of aliphatic imine (C=N–C) groups is 1. The largest absolute Gasteiger partial charge is 0.496 e. The average Bonchev–Trinajstić information content (AvgIpc) is 2.62. The van der Waals surface area contributed by atoms with Crippen LogP contribution in [0.4, 0.5) is 0 Å². The molecule has 2 N–H and O–H groups in total. The molecule has 2 aromatic carbocycles. The van der Waals surface area contributed by atoms with Crippen LogP contribution in [0.3, 0.4) is 0 Å². The topological polar surface area (TPSA) is 45.7 Å². The number of benzene rings is 2. The maximum Gasteiger partial charge on any atom is 0.191 e. The highest BCUT2D eigenvalue weighted by molar-refractivity contribution is 5.79. The zero-order chi connectivity index (χ0) is 16.5. The molecule has 4 nitrogen and oxygen atoms in total. The van der Waals surface area contributed by atoms with Gasteiger partial charge < -0.3 is 15.4 Å². The molecule has 2 rings (SSSR count). The van der Waals surface area contributed by atoms with Gasteiger partial charge in [-0.15, -0.1) is 0 Å². The molecule has 0 aromatic heterocycles. The summed E-state index contributed by atoms with van der Waals surface area (Å²) >= 11 is 0. The third kappa shape index (κ3) is 4.74. The van der Waals surface area contributed by atoms with Crippen LogP contribution in [0.5, 0.6) is 5.75 Å². The van der Waals surface area contributed by atoms with Gasteiger partial charge >= 0.3 is 0 Å². The lowest BCUT2D eigenvalue weighted by Crippen LogP contribution is -2.36. The van der Waals surface area contributed by atoms with E-state index in [4.69, 9.17) is 4.74 Å². The Balaban J connectivity index is 1.93. The minimum Gasteiger partial charge on any atom is -0.496 e. The number of rotatable bonds is 6. The highest BCUT2D eigenvalue weighted by Gasteiger charge is 2.04. The Labute approximate surface area is 138 Å². The fraction of sp³-hybridized carbons (Fsp3) is 0.316. The fourth-order valence-corrected chi connectivity index (χ4v) is 2.50. The summed E-state index contributed by atoms with van der Waals surface area (Å²) in [7, 11) is 3.47. The van der Waals surface area contributed by atoms with Crippen LogP contribution in [0, 0.1) is 0 Å². The molecule has 0 spiro atoms. The molecule has 0 heterocycles.